The monoisotopic (exact) mass is 234 g/mol. The topological polar surface area (TPSA) is 72.2 Å². The maximum Gasteiger partial charge on any atom is 0.257 e. The van der Waals surface area contributed by atoms with Gasteiger partial charge in [0, 0.05) is 5.56 Å². The molecule has 2 amide bonds. The molecular formula is C13H18N2O2. The second kappa shape index (κ2) is 6.15. The summed E-state index contributed by atoms with van der Waals surface area (Å²) in [5.41, 5.74) is 6.19. The van der Waals surface area contributed by atoms with Crippen LogP contribution in [0.2, 0.25) is 0 Å². The van der Waals surface area contributed by atoms with Gasteiger partial charge in [0.05, 0.1) is 6.04 Å². The highest BCUT2D eigenvalue weighted by Crippen LogP contribution is 2.05. The third-order valence-electron chi connectivity index (χ3n) is 2.83. The summed E-state index contributed by atoms with van der Waals surface area (Å²) in [6.07, 6.45) is 0.800. The Kier molecular flexibility index (Phi) is 4.84. The number of carbonyl (C=O) groups excluding carboxylic acids is 2. The summed E-state index contributed by atoms with van der Waals surface area (Å²) in [6.45, 7) is 3.84. The van der Waals surface area contributed by atoms with E-state index in [2.05, 4.69) is 5.32 Å². The zero-order valence-electron chi connectivity index (χ0n) is 10.1. The van der Waals surface area contributed by atoms with Gasteiger partial charge in [0.25, 0.3) is 5.91 Å². The second-order valence-electron chi connectivity index (χ2n) is 4.10. The first-order valence-corrected chi connectivity index (χ1v) is 5.72. The van der Waals surface area contributed by atoms with Gasteiger partial charge in [0.1, 0.15) is 0 Å². The van der Waals surface area contributed by atoms with Crippen LogP contribution >= 0.6 is 0 Å². The molecule has 0 spiro atoms. The lowest BCUT2D eigenvalue weighted by molar-refractivity contribution is -0.122. The number of imide groups is 1. The first-order valence-electron chi connectivity index (χ1n) is 5.72. The van der Waals surface area contributed by atoms with E-state index in [0.717, 1.165) is 6.42 Å². The Bertz CT molecular complexity index is 390. The quantitative estimate of drug-likeness (QED) is 0.825. The van der Waals surface area contributed by atoms with Gasteiger partial charge in [-0.2, -0.15) is 0 Å². The van der Waals surface area contributed by atoms with Crippen molar-refractivity contribution in [3.05, 3.63) is 35.9 Å². The van der Waals surface area contributed by atoms with E-state index >= 15 is 0 Å². The lowest BCUT2D eigenvalue weighted by atomic mass is 9.99. The molecule has 0 saturated heterocycles. The fraction of sp³-hybridized carbons (Fsp3) is 0.385. The van der Waals surface area contributed by atoms with Crippen LogP contribution in [0.15, 0.2) is 30.3 Å². The molecular weight excluding hydrogens is 216 g/mol. The molecule has 0 aliphatic heterocycles. The fourth-order valence-corrected chi connectivity index (χ4v) is 1.37. The molecule has 17 heavy (non-hydrogen) atoms. The number of benzene rings is 1. The van der Waals surface area contributed by atoms with Crippen LogP contribution < -0.4 is 11.1 Å². The minimum absolute atomic E-state index is 0.0542. The average Bonchev–Trinajstić information content (AvgIpc) is 2.37. The lowest BCUT2D eigenvalue weighted by Gasteiger charge is -2.16. The molecule has 0 radical (unpaired) electrons. The van der Waals surface area contributed by atoms with Gasteiger partial charge in [0.15, 0.2) is 0 Å². The van der Waals surface area contributed by atoms with Crippen molar-refractivity contribution in [1.29, 1.82) is 0 Å². The van der Waals surface area contributed by atoms with Crippen molar-refractivity contribution >= 4 is 11.8 Å². The number of hydrogen-bond donors (Lipinski definition) is 2. The van der Waals surface area contributed by atoms with Crippen LogP contribution in [0.25, 0.3) is 0 Å². The Balaban J connectivity index is 2.61. The number of nitrogens with two attached hydrogens (primary N) is 1. The number of amides is 2. The summed E-state index contributed by atoms with van der Waals surface area (Å²) in [5, 5.41) is 2.31. The summed E-state index contributed by atoms with van der Waals surface area (Å²) in [7, 11) is 0. The molecule has 4 nitrogen and oxygen atoms in total. The average molecular weight is 234 g/mol. The smallest absolute Gasteiger partial charge is 0.257 e. The Morgan fingerprint density at radius 1 is 1.29 bits per heavy atom. The van der Waals surface area contributed by atoms with E-state index in [0.29, 0.717) is 5.56 Å². The minimum atomic E-state index is -0.646. The summed E-state index contributed by atoms with van der Waals surface area (Å²) in [4.78, 5) is 23.4. The van der Waals surface area contributed by atoms with Gasteiger partial charge >= 0.3 is 0 Å². The highest BCUT2D eigenvalue weighted by molar-refractivity contribution is 6.06. The summed E-state index contributed by atoms with van der Waals surface area (Å²) in [6, 6.07) is 7.95. The maximum atomic E-state index is 11.7. The normalized spacial score (nSPS) is 13.8. The van der Waals surface area contributed by atoms with E-state index in [9.17, 15) is 9.59 Å². The highest BCUT2D eigenvalue weighted by atomic mass is 16.2. The third-order valence-corrected chi connectivity index (χ3v) is 2.83. The van der Waals surface area contributed by atoms with Crippen molar-refractivity contribution < 1.29 is 9.59 Å². The molecule has 1 rings (SSSR count). The molecule has 0 aliphatic rings. The first-order chi connectivity index (χ1) is 8.06. The van der Waals surface area contributed by atoms with E-state index in [1.807, 2.05) is 19.9 Å². The summed E-state index contributed by atoms with van der Waals surface area (Å²) in [5.74, 6) is -0.777. The van der Waals surface area contributed by atoms with Crippen molar-refractivity contribution in [1.82, 2.24) is 5.32 Å². The predicted molar refractivity (Wildman–Crippen MR) is 66.3 cm³/mol. The van der Waals surface area contributed by atoms with Gasteiger partial charge in [-0.15, -0.1) is 0 Å². The molecule has 1 aromatic rings. The van der Waals surface area contributed by atoms with Crippen LogP contribution in [0.4, 0.5) is 0 Å². The van der Waals surface area contributed by atoms with Gasteiger partial charge in [-0.05, 0) is 18.1 Å². The number of hydrogen-bond acceptors (Lipinski definition) is 3. The Labute approximate surface area is 101 Å². The van der Waals surface area contributed by atoms with Gasteiger partial charge in [-0.25, -0.2) is 0 Å². The Morgan fingerprint density at radius 3 is 2.41 bits per heavy atom. The molecule has 92 valence electrons. The highest BCUT2D eigenvalue weighted by Gasteiger charge is 2.21. The zero-order valence-corrected chi connectivity index (χ0v) is 10.1. The van der Waals surface area contributed by atoms with Crippen LogP contribution in [-0.4, -0.2) is 17.9 Å². The fourth-order valence-electron chi connectivity index (χ4n) is 1.37. The molecule has 0 aromatic heterocycles. The van der Waals surface area contributed by atoms with Crippen molar-refractivity contribution in [2.24, 2.45) is 11.7 Å². The maximum absolute atomic E-state index is 11.7. The molecule has 4 heteroatoms. The molecule has 2 atom stereocenters. The van der Waals surface area contributed by atoms with Crippen LogP contribution in [-0.2, 0) is 4.79 Å². The van der Waals surface area contributed by atoms with E-state index in [1.165, 1.54) is 0 Å². The van der Waals surface area contributed by atoms with Crippen LogP contribution in [0, 0.1) is 5.92 Å². The van der Waals surface area contributed by atoms with E-state index in [1.54, 1.807) is 24.3 Å². The third kappa shape index (κ3) is 3.67. The zero-order chi connectivity index (χ0) is 12.8. The molecule has 0 aliphatic carbocycles. The minimum Gasteiger partial charge on any atom is -0.320 e. The number of nitrogens with one attached hydrogen (secondary N) is 1. The Hall–Kier alpha value is -1.68. The molecule has 1 aromatic carbocycles. The van der Waals surface area contributed by atoms with Crippen LogP contribution in [0.5, 0.6) is 0 Å². The van der Waals surface area contributed by atoms with Crippen LogP contribution in [0.3, 0.4) is 0 Å². The van der Waals surface area contributed by atoms with Crippen LogP contribution in [0.1, 0.15) is 30.6 Å². The molecule has 3 N–H and O–H groups in total. The predicted octanol–water partition coefficient (Wildman–Crippen LogP) is 1.32. The van der Waals surface area contributed by atoms with Crippen molar-refractivity contribution in [3.63, 3.8) is 0 Å². The summed E-state index contributed by atoms with van der Waals surface area (Å²) < 4.78 is 0. The molecule has 0 saturated carbocycles. The van der Waals surface area contributed by atoms with Gasteiger partial charge < -0.3 is 5.73 Å². The van der Waals surface area contributed by atoms with Gasteiger partial charge in [-0.1, -0.05) is 38.5 Å². The van der Waals surface area contributed by atoms with Gasteiger partial charge in [-0.3, -0.25) is 14.9 Å². The van der Waals surface area contributed by atoms with E-state index in [-0.39, 0.29) is 5.92 Å². The standard InChI is InChI=1S/C13H18N2O2/c1-3-9(2)11(14)13(17)15-12(16)10-7-5-4-6-8-10/h4-9,11H,3,14H2,1-2H3,(H,15,16,17)/t9-,11-/m0/s1. The molecule has 0 bridgehead atoms. The van der Waals surface area contributed by atoms with Crippen molar-refractivity contribution in [2.45, 2.75) is 26.3 Å². The summed E-state index contributed by atoms with van der Waals surface area (Å²) >= 11 is 0. The largest absolute Gasteiger partial charge is 0.320 e. The van der Waals surface area contributed by atoms with E-state index < -0.39 is 17.9 Å². The number of carbonyl (C=O) groups is 2. The first kappa shape index (κ1) is 13.4. The molecule has 0 heterocycles. The Morgan fingerprint density at radius 2 is 1.88 bits per heavy atom. The van der Waals surface area contributed by atoms with E-state index in [4.69, 9.17) is 5.73 Å². The van der Waals surface area contributed by atoms with Crippen molar-refractivity contribution in [3.8, 4) is 0 Å². The molecule has 0 unspecified atom stereocenters. The number of rotatable bonds is 4. The van der Waals surface area contributed by atoms with Gasteiger partial charge in [0.2, 0.25) is 5.91 Å². The molecule has 0 fully saturated rings. The SMILES string of the molecule is CC[C@H](C)[C@H](N)C(=O)NC(=O)c1ccccc1. The second-order valence-corrected chi connectivity index (χ2v) is 4.10. The van der Waals surface area contributed by atoms with Crippen molar-refractivity contribution in [2.75, 3.05) is 0 Å². The lowest BCUT2D eigenvalue weighted by Crippen LogP contribution is -2.46.